The Hall–Kier alpha value is -0.0800. The third kappa shape index (κ3) is 7.05. The van der Waals surface area contributed by atoms with Crippen LogP contribution in [0.2, 0.25) is 0 Å². The maximum atomic E-state index is 5.90. The molecule has 0 aliphatic carbocycles. The normalized spacial score (nSPS) is 14.6. The molecule has 2 nitrogen and oxygen atoms in total. The third-order valence-corrected chi connectivity index (χ3v) is 3.40. The average Bonchev–Trinajstić information content (AvgIpc) is 2.23. The molecule has 0 fully saturated rings. The zero-order valence-electron chi connectivity index (χ0n) is 12.9. The van der Waals surface area contributed by atoms with Gasteiger partial charge in [0.25, 0.3) is 0 Å². The van der Waals surface area contributed by atoms with Gasteiger partial charge in [0, 0.05) is 14.2 Å². The predicted octanol–water partition coefficient (Wildman–Crippen LogP) is 4.28. The minimum Gasteiger partial charge on any atom is -0.382 e. The summed E-state index contributed by atoms with van der Waals surface area (Å²) in [6, 6.07) is 0. The number of rotatable bonds is 9. The predicted molar refractivity (Wildman–Crippen MR) is 74.4 cm³/mol. The van der Waals surface area contributed by atoms with Crippen molar-refractivity contribution >= 4 is 0 Å². The topological polar surface area (TPSA) is 18.5 Å². The highest BCUT2D eigenvalue weighted by Gasteiger charge is 2.31. The van der Waals surface area contributed by atoms with Gasteiger partial charge in [0.05, 0.1) is 11.7 Å². The standard InChI is InChI=1S/C15H32O2/c1-12(2)10-15(17-7,11-13(3)4)9-8-14(5)16-6/h12-14H,8-11H2,1-7H3. The quantitative estimate of drug-likeness (QED) is 0.603. The molecular weight excluding hydrogens is 212 g/mol. The third-order valence-electron chi connectivity index (χ3n) is 3.40. The van der Waals surface area contributed by atoms with Crippen molar-refractivity contribution in [3.05, 3.63) is 0 Å². The molecule has 0 heterocycles. The van der Waals surface area contributed by atoms with Crippen molar-refractivity contribution in [2.45, 2.75) is 72.0 Å². The molecule has 0 rings (SSSR count). The second-order valence-corrected chi connectivity index (χ2v) is 6.17. The first kappa shape index (κ1) is 16.9. The molecule has 0 N–H and O–H groups in total. The molecule has 0 aliphatic rings. The van der Waals surface area contributed by atoms with Crippen molar-refractivity contribution in [2.24, 2.45) is 11.8 Å². The van der Waals surface area contributed by atoms with Gasteiger partial charge in [-0.2, -0.15) is 0 Å². The monoisotopic (exact) mass is 244 g/mol. The summed E-state index contributed by atoms with van der Waals surface area (Å²) in [6.07, 6.45) is 4.76. The van der Waals surface area contributed by atoms with Crippen LogP contribution in [0.4, 0.5) is 0 Å². The summed E-state index contributed by atoms with van der Waals surface area (Å²) in [5.74, 6) is 1.35. The van der Waals surface area contributed by atoms with Gasteiger partial charge < -0.3 is 9.47 Å². The van der Waals surface area contributed by atoms with Crippen molar-refractivity contribution in [1.29, 1.82) is 0 Å². The molecule has 0 saturated heterocycles. The molecule has 0 bridgehead atoms. The second-order valence-electron chi connectivity index (χ2n) is 6.17. The molecule has 0 amide bonds. The Bertz CT molecular complexity index is 177. The summed E-state index contributed by atoms with van der Waals surface area (Å²) in [7, 11) is 3.65. The van der Waals surface area contributed by atoms with E-state index in [9.17, 15) is 0 Å². The zero-order valence-corrected chi connectivity index (χ0v) is 12.9. The molecule has 0 radical (unpaired) electrons. The van der Waals surface area contributed by atoms with Crippen LogP contribution in [0.15, 0.2) is 0 Å². The average molecular weight is 244 g/mol. The van der Waals surface area contributed by atoms with Gasteiger partial charge >= 0.3 is 0 Å². The Balaban J connectivity index is 4.54. The van der Waals surface area contributed by atoms with Crippen LogP contribution < -0.4 is 0 Å². The molecule has 2 heteroatoms. The SMILES string of the molecule is COC(C)CCC(CC(C)C)(CC(C)C)OC. The molecule has 0 spiro atoms. The molecule has 0 aliphatic heterocycles. The van der Waals surface area contributed by atoms with Crippen molar-refractivity contribution in [3.8, 4) is 0 Å². The highest BCUT2D eigenvalue weighted by molar-refractivity contribution is 4.83. The largest absolute Gasteiger partial charge is 0.382 e. The van der Waals surface area contributed by atoms with E-state index >= 15 is 0 Å². The highest BCUT2D eigenvalue weighted by Crippen LogP contribution is 2.33. The van der Waals surface area contributed by atoms with E-state index in [4.69, 9.17) is 9.47 Å². The van der Waals surface area contributed by atoms with E-state index in [0.29, 0.717) is 17.9 Å². The summed E-state index contributed by atoms with van der Waals surface area (Å²) < 4.78 is 11.2. The van der Waals surface area contributed by atoms with E-state index < -0.39 is 0 Å². The van der Waals surface area contributed by atoms with E-state index in [-0.39, 0.29) is 5.60 Å². The van der Waals surface area contributed by atoms with Crippen LogP contribution in [0.3, 0.4) is 0 Å². The number of ether oxygens (including phenoxy) is 2. The van der Waals surface area contributed by atoms with E-state index in [0.717, 1.165) is 25.7 Å². The van der Waals surface area contributed by atoms with Crippen LogP contribution in [0.1, 0.15) is 60.3 Å². The molecule has 104 valence electrons. The first-order valence-corrected chi connectivity index (χ1v) is 6.93. The lowest BCUT2D eigenvalue weighted by molar-refractivity contribution is -0.0574. The molecule has 1 unspecified atom stereocenters. The molecule has 0 aromatic carbocycles. The Morgan fingerprint density at radius 3 is 1.65 bits per heavy atom. The lowest BCUT2D eigenvalue weighted by Gasteiger charge is -2.36. The van der Waals surface area contributed by atoms with Crippen LogP contribution in [-0.4, -0.2) is 25.9 Å². The molecule has 0 aromatic heterocycles. The van der Waals surface area contributed by atoms with Gasteiger partial charge in [0.15, 0.2) is 0 Å². The molecule has 1 atom stereocenters. The lowest BCUT2D eigenvalue weighted by Crippen LogP contribution is -2.35. The molecular formula is C15H32O2. The van der Waals surface area contributed by atoms with Crippen molar-refractivity contribution in [2.75, 3.05) is 14.2 Å². The van der Waals surface area contributed by atoms with Gasteiger partial charge in [0.2, 0.25) is 0 Å². The minimum atomic E-state index is 0.0368. The number of hydrogen-bond acceptors (Lipinski definition) is 2. The fourth-order valence-electron chi connectivity index (χ4n) is 2.63. The maximum absolute atomic E-state index is 5.90. The zero-order chi connectivity index (χ0) is 13.5. The van der Waals surface area contributed by atoms with Gasteiger partial charge in [-0.15, -0.1) is 0 Å². The number of methoxy groups -OCH3 is 2. The first-order valence-electron chi connectivity index (χ1n) is 6.93. The minimum absolute atomic E-state index is 0.0368. The van der Waals surface area contributed by atoms with E-state index in [1.54, 1.807) is 7.11 Å². The second kappa shape index (κ2) is 8.10. The van der Waals surface area contributed by atoms with E-state index in [1.165, 1.54) is 0 Å². The van der Waals surface area contributed by atoms with Crippen LogP contribution in [0, 0.1) is 11.8 Å². The van der Waals surface area contributed by atoms with Crippen LogP contribution in [0.5, 0.6) is 0 Å². The van der Waals surface area contributed by atoms with Crippen molar-refractivity contribution in [3.63, 3.8) is 0 Å². The van der Waals surface area contributed by atoms with Gasteiger partial charge in [-0.1, -0.05) is 27.7 Å². The Morgan fingerprint density at radius 1 is 0.882 bits per heavy atom. The van der Waals surface area contributed by atoms with Gasteiger partial charge in [-0.25, -0.2) is 0 Å². The fourth-order valence-corrected chi connectivity index (χ4v) is 2.63. The Labute approximate surface area is 108 Å². The van der Waals surface area contributed by atoms with Crippen LogP contribution in [-0.2, 0) is 9.47 Å². The van der Waals surface area contributed by atoms with Crippen LogP contribution >= 0.6 is 0 Å². The maximum Gasteiger partial charge on any atom is 0.0684 e. The summed E-state index contributed by atoms with van der Waals surface area (Å²) in [4.78, 5) is 0. The van der Waals surface area contributed by atoms with Crippen molar-refractivity contribution < 1.29 is 9.47 Å². The Kier molecular flexibility index (Phi) is 8.06. The number of hydrogen-bond donors (Lipinski definition) is 0. The van der Waals surface area contributed by atoms with E-state index in [2.05, 4.69) is 34.6 Å². The summed E-state index contributed by atoms with van der Waals surface area (Å²) in [5, 5.41) is 0. The molecule has 0 aromatic rings. The van der Waals surface area contributed by atoms with E-state index in [1.807, 2.05) is 7.11 Å². The summed E-state index contributed by atoms with van der Waals surface area (Å²) >= 11 is 0. The summed E-state index contributed by atoms with van der Waals surface area (Å²) in [5.41, 5.74) is 0.0368. The Morgan fingerprint density at radius 2 is 1.35 bits per heavy atom. The fraction of sp³-hybridized carbons (Fsp3) is 1.00. The van der Waals surface area contributed by atoms with Crippen LogP contribution in [0.25, 0.3) is 0 Å². The molecule has 17 heavy (non-hydrogen) atoms. The first-order chi connectivity index (χ1) is 7.85. The van der Waals surface area contributed by atoms with Gasteiger partial charge in [0.1, 0.15) is 0 Å². The smallest absolute Gasteiger partial charge is 0.0684 e. The highest BCUT2D eigenvalue weighted by atomic mass is 16.5. The lowest BCUT2D eigenvalue weighted by atomic mass is 9.81. The molecule has 0 saturated carbocycles. The van der Waals surface area contributed by atoms with Crippen molar-refractivity contribution in [1.82, 2.24) is 0 Å². The summed E-state index contributed by atoms with van der Waals surface area (Å²) in [6.45, 7) is 11.2. The van der Waals surface area contributed by atoms with Gasteiger partial charge in [-0.3, -0.25) is 0 Å². The van der Waals surface area contributed by atoms with Gasteiger partial charge in [-0.05, 0) is 44.4 Å².